The van der Waals surface area contributed by atoms with Crippen LogP contribution >= 0.6 is 12.6 Å². The molecule has 6 heteroatoms. The lowest BCUT2D eigenvalue weighted by molar-refractivity contribution is 0.0696. The van der Waals surface area contributed by atoms with Crippen molar-refractivity contribution >= 4 is 24.6 Å². The lowest BCUT2D eigenvalue weighted by Gasteiger charge is -2.06. The molecular formula is C10H10O5S. The summed E-state index contributed by atoms with van der Waals surface area (Å²) in [6.07, 6.45) is 0.0878. The Labute approximate surface area is 96.8 Å². The molecule has 0 aliphatic rings. The fourth-order valence-corrected chi connectivity index (χ4v) is 1.48. The van der Waals surface area contributed by atoms with Crippen LogP contribution in [0.3, 0.4) is 0 Å². The first-order valence-electron chi connectivity index (χ1n) is 4.37. The van der Waals surface area contributed by atoms with Gasteiger partial charge in [0, 0.05) is 6.42 Å². The molecule has 1 unspecified atom stereocenters. The van der Waals surface area contributed by atoms with Gasteiger partial charge < -0.3 is 15.3 Å². The van der Waals surface area contributed by atoms with Gasteiger partial charge in [0.25, 0.3) is 0 Å². The number of hydrogen-bond donors (Lipinski definition) is 4. The molecule has 86 valence electrons. The van der Waals surface area contributed by atoms with Gasteiger partial charge >= 0.3 is 11.9 Å². The number of benzene rings is 1. The first-order chi connectivity index (χ1) is 7.40. The van der Waals surface area contributed by atoms with Gasteiger partial charge in [-0.15, -0.1) is 12.6 Å². The van der Waals surface area contributed by atoms with Crippen LogP contribution < -0.4 is 0 Å². The summed E-state index contributed by atoms with van der Waals surface area (Å²) in [6.45, 7) is 0. The highest BCUT2D eigenvalue weighted by atomic mass is 32.1. The Morgan fingerprint density at radius 1 is 1.12 bits per heavy atom. The Morgan fingerprint density at radius 2 is 1.56 bits per heavy atom. The minimum absolute atomic E-state index is 0.0878. The second-order valence-corrected chi connectivity index (χ2v) is 3.81. The molecule has 0 heterocycles. The second-order valence-electron chi connectivity index (χ2n) is 3.21. The van der Waals surface area contributed by atoms with Crippen molar-refractivity contribution in [1.29, 1.82) is 0 Å². The Kier molecular flexibility index (Phi) is 3.92. The zero-order valence-corrected chi connectivity index (χ0v) is 9.02. The molecule has 0 aliphatic carbocycles. The summed E-state index contributed by atoms with van der Waals surface area (Å²) in [5.74, 6) is -2.42. The molecule has 0 spiro atoms. The Bertz CT molecular complexity index is 395. The van der Waals surface area contributed by atoms with Crippen molar-refractivity contribution in [2.24, 2.45) is 0 Å². The summed E-state index contributed by atoms with van der Waals surface area (Å²) in [5, 5.41) is 26.6. The molecule has 16 heavy (non-hydrogen) atoms. The van der Waals surface area contributed by atoms with Crippen molar-refractivity contribution in [3.8, 4) is 0 Å². The fourth-order valence-electron chi connectivity index (χ4n) is 1.27. The molecule has 0 fully saturated rings. The highest BCUT2D eigenvalue weighted by Gasteiger charge is 2.12. The Morgan fingerprint density at radius 3 is 1.88 bits per heavy atom. The summed E-state index contributed by atoms with van der Waals surface area (Å²) in [4.78, 5) is 21.5. The summed E-state index contributed by atoms with van der Waals surface area (Å²) >= 11 is 3.74. The number of aliphatic hydroxyl groups excluding tert-OH is 1. The predicted octanol–water partition coefficient (Wildman–Crippen LogP) is 0.874. The van der Waals surface area contributed by atoms with Crippen LogP contribution in [0.25, 0.3) is 0 Å². The molecule has 1 rings (SSSR count). The van der Waals surface area contributed by atoms with E-state index in [1.54, 1.807) is 0 Å². The monoisotopic (exact) mass is 242 g/mol. The van der Waals surface area contributed by atoms with E-state index >= 15 is 0 Å². The first kappa shape index (κ1) is 12.5. The minimum atomic E-state index is -1.21. The number of hydrogen-bond acceptors (Lipinski definition) is 4. The van der Waals surface area contributed by atoms with Crippen molar-refractivity contribution in [1.82, 2.24) is 0 Å². The average Bonchev–Trinajstić information content (AvgIpc) is 2.15. The maximum atomic E-state index is 10.7. The van der Waals surface area contributed by atoms with Gasteiger partial charge in [0.1, 0.15) is 5.44 Å². The highest BCUT2D eigenvalue weighted by molar-refractivity contribution is 7.80. The third-order valence-corrected chi connectivity index (χ3v) is 2.09. The predicted molar refractivity (Wildman–Crippen MR) is 59.1 cm³/mol. The van der Waals surface area contributed by atoms with Crippen LogP contribution in [0.5, 0.6) is 0 Å². The third-order valence-electron chi connectivity index (χ3n) is 1.90. The zero-order chi connectivity index (χ0) is 12.3. The van der Waals surface area contributed by atoms with Gasteiger partial charge in [-0.05, 0) is 23.8 Å². The minimum Gasteiger partial charge on any atom is -0.478 e. The van der Waals surface area contributed by atoms with Crippen LogP contribution in [0.2, 0.25) is 0 Å². The molecule has 5 nitrogen and oxygen atoms in total. The van der Waals surface area contributed by atoms with Gasteiger partial charge in [0.15, 0.2) is 0 Å². The number of aromatic carboxylic acids is 2. The van der Waals surface area contributed by atoms with Gasteiger partial charge in [-0.1, -0.05) is 0 Å². The molecule has 0 radical (unpaired) electrons. The topological polar surface area (TPSA) is 94.8 Å². The van der Waals surface area contributed by atoms with Crippen molar-refractivity contribution in [2.45, 2.75) is 11.9 Å². The van der Waals surface area contributed by atoms with Crippen molar-refractivity contribution in [3.05, 3.63) is 34.9 Å². The Balaban J connectivity index is 3.18. The van der Waals surface area contributed by atoms with Crippen molar-refractivity contribution in [2.75, 3.05) is 0 Å². The van der Waals surface area contributed by atoms with Gasteiger partial charge in [-0.3, -0.25) is 0 Å². The normalized spacial score (nSPS) is 12.1. The van der Waals surface area contributed by atoms with Crippen molar-refractivity contribution < 1.29 is 24.9 Å². The Hall–Kier alpha value is -1.53. The summed E-state index contributed by atoms with van der Waals surface area (Å²) in [6, 6.07) is 3.70. The SMILES string of the molecule is O=C(O)c1cc(CC(O)S)cc(C(=O)O)c1. The van der Waals surface area contributed by atoms with E-state index < -0.39 is 17.4 Å². The molecule has 1 aromatic carbocycles. The largest absolute Gasteiger partial charge is 0.478 e. The molecule has 0 saturated carbocycles. The van der Waals surface area contributed by atoms with Crippen LogP contribution in [0.15, 0.2) is 18.2 Å². The van der Waals surface area contributed by atoms with Crippen LogP contribution in [-0.2, 0) is 6.42 Å². The molecule has 3 N–H and O–H groups in total. The number of aliphatic hydroxyl groups is 1. The maximum Gasteiger partial charge on any atom is 0.335 e. The van der Waals surface area contributed by atoms with Crippen LogP contribution in [0.1, 0.15) is 26.3 Å². The summed E-state index contributed by atoms with van der Waals surface area (Å²) < 4.78 is 0. The molecule has 0 amide bonds. The molecule has 0 aliphatic heterocycles. The molecule has 0 aromatic heterocycles. The second kappa shape index (κ2) is 5.00. The quantitative estimate of drug-likeness (QED) is 0.464. The number of carboxylic acids is 2. The lowest BCUT2D eigenvalue weighted by Crippen LogP contribution is -2.07. The van der Waals surface area contributed by atoms with E-state index in [1.165, 1.54) is 12.1 Å². The lowest BCUT2D eigenvalue weighted by atomic mass is 10.0. The van der Waals surface area contributed by atoms with E-state index in [4.69, 9.17) is 15.3 Å². The molecular weight excluding hydrogens is 232 g/mol. The van der Waals surface area contributed by atoms with Gasteiger partial charge in [-0.2, -0.15) is 0 Å². The number of thiol groups is 1. The van der Waals surface area contributed by atoms with E-state index in [0.29, 0.717) is 5.56 Å². The molecule has 0 saturated heterocycles. The molecule has 1 aromatic rings. The highest BCUT2D eigenvalue weighted by Crippen LogP contribution is 2.13. The number of rotatable bonds is 4. The first-order valence-corrected chi connectivity index (χ1v) is 4.88. The third kappa shape index (κ3) is 3.25. The summed E-state index contributed by atoms with van der Waals surface area (Å²) in [7, 11) is 0. The molecule has 1 atom stereocenters. The standard InChI is InChI=1S/C10H10O5S/c11-8(16)3-5-1-6(9(12)13)4-7(2-5)10(14)15/h1-2,4,8,11,16H,3H2,(H,12,13)(H,14,15). The average molecular weight is 242 g/mol. The van der Waals surface area contributed by atoms with Crippen LogP contribution in [-0.4, -0.2) is 32.7 Å². The van der Waals surface area contributed by atoms with Crippen LogP contribution in [0, 0.1) is 0 Å². The van der Waals surface area contributed by atoms with E-state index in [0.717, 1.165) is 6.07 Å². The number of carboxylic acid groups (broad SMARTS) is 2. The number of carbonyl (C=O) groups is 2. The van der Waals surface area contributed by atoms with Gasteiger partial charge in [0.2, 0.25) is 0 Å². The van der Waals surface area contributed by atoms with Gasteiger partial charge in [-0.25, -0.2) is 9.59 Å². The zero-order valence-electron chi connectivity index (χ0n) is 8.12. The van der Waals surface area contributed by atoms with E-state index in [2.05, 4.69) is 12.6 Å². The van der Waals surface area contributed by atoms with E-state index in [-0.39, 0.29) is 17.5 Å². The summed E-state index contributed by atoms with van der Waals surface area (Å²) in [5.41, 5.74) is -0.779. The smallest absolute Gasteiger partial charge is 0.335 e. The fraction of sp³-hybridized carbons (Fsp3) is 0.200. The van der Waals surface area contributed by atoms with Crippen molar-refractivity contribution in [3.63, 3.8) is 0 Å². The van der Waals surface area contributed by atoms with E-state index in [1.807, 2.05) is 0 Å². The van der Waals surface area contributed by atoms with E-state index in [9.17, 15) is 9.59 Å². The maximum absolute atomic E-state index is 10.7. The molecule has 0 bridgehead atoms. The van der Waals surface area contributed by atoms with Gasteiger partial charge in [0.05, 0.1) is 11.1 Å². The van der Waals surface area contributed by atoms with Crippen LogP contribution in [0.4, 0.5) is 0 Å².